The van der Waals surface area contributed by atoms with Crippen LogP contribution in [0.3, 0.4) is 0 Å². The molecule has 0 heterocycles. The molecule has 3 heteroatoms. The summed E-state index contributed by atoms with van der Waals surface area (Å²) in [4.78, 5) is 12.3. The molecule has 0 radical (unpaired) electrons. The molecule has 0 unspecified atom stereocenters. The van der Waals surface area contributed by atoms with Gasteiger partial charge in [0.25, 0.3) is 5.78 Å². The van der Waals surface area contributed by atoms with E-state index < -0.39 is 5.78 Å². The SMILES string of the molecule is O=C(C(O)=CCCCCCCCCCCCCCCCc1ccccc1)C(O)=CCCCCCCCCCCCCCCCc1ccccc1. The van der Waals surface area contributed by atoms with Crippen LogP contribution in [-0.4, -0.2) is 16.0 Å². The molecule has 2 aromatic rings. The summed E-state index contributed by atoms with van der Waals surface area (Å²) in [5.41, 5.74) is 2.93. The Hall–Kier alpha value is -2.81. The monoisotopic (exact) mass is 687 g/mol. The topological polar surface area (TPSA) is 57.5 Å². The summed E-state index contributed by atoms with van der Waals surface area (Å²) < 4.78 is 0. The van der Waals surface area contributed by atoms with Gasteiger partial charge >= 0.3 is 0 Å². The lowest BCUT2D eigenvalue weighted by atomic mass is 10.0. The van der Waals surface area contributed by atoms with E-state index in [1.807, 2.05) is 0 Å². The first-order valence-corrected chi connectivity index (χ1v) is 21.1. The molecular weight excluding hydrogens is 613 g/mol. The summed E-state index contributed by atoms with van der Waals surface area (Å²) in [6.07, 6.45) is 40.5. The minimum absolute atomic E-state index is 0.307. The van der Waals surface area contributed by atoms with Crippen molar-refractivity contribution in [3.8, 4) is 0 Å². The second kappa shape index (κ2) is 32.1. The van der Waals surface area contributed by atoms with Crippen LogP contribution in [-0.2, 0) is 17.6 Å². The van der Waals surface area contributed by atoms with Crippen LogP contribution >= 0.6 is 0 Å². The minimum atomic E-state index is -0.635. The number of unbranched alkanes of at least 4 members (excludes halogenated alkanes) is 26. The van der Waals surface area contributed by atoms with Crippen molar-refractivity contribution in [2.45, 2.75) is 193 Å². The van der Waals surface area contributed by atoms with Crippen LogP contribution in [0.1, 0.15) is 191 Å². The number of benzene rings is 2. The third-order valence-corrected chi connectivity index (χ3v) is 10.2. The molecule has 2 N–H and O–H groups in total. The van der Waals surface area contributed by atoms with Crippen molar-refractivity contribution in [3.63, 3.8) is 0 Å². The number of aryl methyl sites for hydroxylation is 2. The number of carbonyl (C=O) groups excluding carboxylic acids is 1. The highest BCUT2D eigenvalue weighted by atomic mass is 16.3. The van der Waals surface area contributed by atoms with E-state index in [4.69, 9.17) is 0 Å². The Morgan fingerprint density at radius 3 is 0.880 bits per heavy atom. The van der Waals surface area contributed by atoms with Crippen molar-refractivity contribution >= 4 is 5.78 Å². The van der Waals surface area contributed by atoms with Gasteiger partial charge in [0.1, 0.15) is 0 Å². The first kappa shape index (κ1) is 43.4. The zero-order valence-corrected chi connectivity index (χ0v) is 31.9. The second-order valence-electron chi connectivity index (χ2n) is 14.7. The third-order valence-electron chi connectivity index (χ3n) is 10.2. The average Bonchev–Trinajstić information content (AvgIpc) is 3.14. The van der Waals surface area contributed by atoms with E-state index in [1.54, 1.807) is 12.2 Å². The lowest BCUT2D eigenvalue weighted by Crippen LogP contribution is -2.05. The van der Waals surface area contributed by atoms with E-state index in [-0.39, 0.29) is 11.5 Å². The number of allylic oxidation sites excluding steroid dienone is 2. The number of hydrogen-bond donors (Lipinski definition) is 2. The molecule has 0 fully saturated rings. The number of aliphatic hydroxyl groups is 2. The molecule has 2 rings (SSSR count). The van der Waals surface area contributed by atoms with Crippen molar-refractivity contribution < 1.29 is 15.0 Å². The van der Waals surface area contributed by atoms with Gasteiger partial charge < -0.3 is 10.2 Å². The largest absolute Gasteiger partial charge is 0.504 e. The van der Waals surface area contributed by atoms with E-state index in [9.17, 15) is 15.0 Å². The number of ketones is 1. The molecule has 0 aromatic heterocycles. The Kier molecular flexibility index (Phi) is 27.9. The highest BCUT2D eigenvalue weighted by molar-refractivity contribution is 6.04. The summed E-state index contributed by atoms with van der Waals surface area (Å²) in [6.45, 7) is 0. The molecule has 0 amide bonds. The molecular formula is C47H74O3. The maximum Gasteiger partial charge on any atom is 0.260 e. The molecule has 2 aromatic carbocycles. The van der Waals surface area contributed by atoms with Crippen molar-refractivity contribution in [2.24, 2.45) is 0 Å². The lowest BCUT2D eigenvalue weighted by molar-refractivity contribution is -0.116. The smallest absolute Gasteiger partial charge is 0.260 e. The average molecular weight is 687 g/mol. The molecule has 0 aliphatic carbocycles. The molecule has 0 aliphatic heterocycles. The van der Waals surface area contributed by atoms with Gasteiger partial charge in [-0.25, -0.2) is 0 Å². The van der Waals surface area contributed by atoms with E-state index >= 15 is 0 Å². The predicted molar refractivity (Wildman–Crippen MR) is 216 cm³/mol. The first-order chi connectivity index (χ1) is 24.7. The van der Waals surface area contributed by atoms with Crippen LogP contribution in [0.2, 0.25) is 0 Å². The van der Waals surface area contributed by atoms with Crippen LogP contribution < -0.4 is 0 Å². The number of hydrogen-bond acceptors (Lipinski definition) is 3. The van der Waals surface area contributed by atoms with Crippen LogP contribution in [0.5, 0.6) is 0 Å². The Bertz CT molecular complexity index is 1020. The number of aliphatic hydroxyl groups excluding tert-OH is 2. The summed E-state index contributed by atoms with van der Waals surface area (Å²) in [5.74, 6) is -1.25. The van der Waals surface area contributed by atoms with Gasteiger partial charge in [-0.15, -0.1) is 0 Å². The maximum atomic E-state index is 12.3. The predicted octanol–water partition coefficient (Wildman–Crippen LogP) is 14.8. The molecule has 0 atom stereocenters. The van der Waals surface area contributed by atoms with Gasteiger partial charge in [0.15, 0.2) is 11.5 Å². The van der Waals surface area contributed by atoms with Gasteiger partial charge in [0.2, 0.25) is 0 Å². The summed E-state index contributed by atoms with van der Waals surface area (Å²) >= 11 is 0. The fourth-order valence-corrected chi connectivity index (χ4v) is 6.92. The molecule has 3 nitrogen and oxygen atoms in total. The zero-order valence-electron chi connectivity index (χ0n) is 31.9. The minimum Gasteiger partial charge on any atom is -0.504 e. The fourth-order valence-electron chi connectivity index (χ4n) is 6.92. The molecule has 280 valence electrons. The molecule has 50 heavy (non-hydrogen) atoms. The van der Waals surface area contributed by atoms with E-state index in [2.05, 4.69) is 60.7 Å². The van der Waals surface area contributed by atoms with Crippen molar-refractivity contribution in [1.29, 1.82) is 0 Å². The highest BCUT2D eigenvalue weighted by Crippen LogP contribution is 2.17. The normalized spacial score (nSPS) is 12.1. The van der Waals surface area contributed by atoms with Gasteiger partial charge in [-0.2, -0.15) is 0 Å². The van der Waals surface area contributed by atoms with Crippen molar-refractivity contribution in [2.75, 3.05) is 0 Å². The van der Waals surface area contributed by atoms with Crippen LogP contribution in [0.4, 0.5) is 0 Å². The Labute approximate surface area is 308 Å². The zero-order chi connectivity index (χ0) is 35.6. The Morgan fingerprint density at radius 2 is 0.600 bits per heavy atom. The van der Waals surface area contributed by atoms with Gasteiger partial charge in [-0.1, -0.05) is 202 Å². The van der Waals surface area contributed by atoms with E-state index in [1.165, 1.54) is 165 Å². The summed E-state index contributed by atoms with van der Waals surface area (Å²) in [6, 6.07) is 21.7. The third kappa shape index (κ3) is 25.2. The summed E-state index contributed by atoms with van der Waals surface area (Å²) in [7, 11) is 0. The molecule has 0 bridgehead atoms. The fraction of sp³-hybridized carbons (Fsp3) is 0.638. The van der Waals surface area contributed by atoms with Crippen LogP contribution in [0.15, 0.2) is 84.3 Å². The van der Waals surface area contributed by atoms with Gasteiger partial charge in [-0.3, -0.25) is 4.79 Å². The number of Topliss-reactive ketones (excluding diaryl/α,β-unsaturated/α-hetero) is 1. The van der Waals surface area contributed by atoms with Gasteiger partial charge in [0, 0.05) is 0 Å². The van der Waals surface area contributed by atoms with Crippen LogP contribution in [0.25, 0.3) is 0 Å². The van der Waals surface area contributed by atoms with Crippen molar-refractivity contribution in [1.82, 2.24) is 0 Å². The van der Waals surface area contributed by atoms with Gasteiger partial charge in [-0.05, 0) is 74.6 Å². The van der Waals surface area contributed by atoms with E-state index in [0.717, 1.165) is 25.7 Å². The number of rotatable bonds is 34. The highest BCUT2D eigenvalue weighted by Gasteiger charge is 2.12. The van der Waals surface area contributed by atoms with E-state index in [0.29, 0.717) is 12.8 Å². The lowest BCUT2D eigenvalue weighted by Gasteiger charge is -2.04. The Balaban J connectivity index is 1.29. The summed E-state index contributed by atoms with van der Waals surface area (Å²) in [5, 5.41) is 20.2. The van der Waals surface area contributed by atoms with Gasteiger partial charge in [0.05, 0.1) is 0 Å². The van der Waals surface area contributed by atoms with Crippen LogP contribution in [0, 0.1) is 0 Å². The molecule has 0 saturated carbocycles. The molecule has 0 spiro atoms. The Morgan fingerprint density at radius 1 is 0.360 bits per heavy atom. The molecule has 0 saturated heterocycles. The number of carbonyl (C=O) groups is 1. The molecule has 0 aliphatic rings. The first-order valence-electron chi connectivity index (χ1n) is 21.1. The second-order valence-corrected chi connectivity index (χ2v) is 14.7. The van der Waals surface area contributed by atoms with Crippen molar-refractivity contribution in [3.05, 3.63) is 95.5 Å². The standard InChI is InChI=1S/C47H74O3/c48-45(41-33-23-19-15-11-7-3-1-5-9-13-17-21-27-35-43-37-29-25-30-38-43)47(50)46(49)42-34-24-20-16-12-8-4-2-6-10-14-18-22-28-36-44-39-31-26-32-40-44/h25-26,29-32,37-42,48-49H,1-24,27-28,33-36H2. The quantitative estimate of drug-likeness (QED) is 0.0438. The maximum absolute atomic E-state index is 12.3.